The van der Waals surface area contributed by atoms with Crippen LogP contribution in [-0.2, 0) is 14.3 Å². The molecule has 0 spiro atoms. The molecule has 0 radical (unpaired) electrons. The van der Waals surface area contributed by atoms with Gasteiger partial charge in [0.15, 0.2) is 6.04 Å². The van der Waals surface area contributed by atoms with Crippen LogP contribution in [0.3, 0.4) is 0 Å². The van der Waals surface area contributed by atoms with Crippen LogP contribution in [0.4, 0.5) is 0 Å². The van der Waals surface area contributed by atoms with Crippen molar-refractivity contribution >= 4 is 11.9 Å². The van der Waals surface area contributed by atoms with Crippen LogP contribution in [0, 0.1) is 5.92 Å². The van der Waals surface area contributed by atoms with Crippen LogP contribution in [-0.4, -0.2) is 55.6 Å². The number of hydrogen-bond acceptors (Lipinski definition) is 5. The summed E-state index contributed by atoms with van der Waals surface area (Å²) in [4.78, 5) is 25.7. The van der Waals surface area contributed by atoms with Gasteiger partial charge in [-0.15, -0.1) is 0 Å². The van der Waals surface area contributed by atoms with Crippen molar-refractivity contribution in [1.82, 2.24) is 10.2 Å². The van der Waals surface area contributed by atoms with Crippen LogP contribution in [0.1, 0.15) is 39.5 Å². The molecule has 1 saturated carbocycles. The van der Waals surface area contributed by atoms with Gasteiger partial charge in [0.1, 0.15) is 0 Å². The van der Waals surface area contributed by atoms with Gasteiger partial charge in [-0.05, 0) is 39.8 Å². The fourth-order valence-corrected chi connectivity index (χ4v) is 3.06. The van der Waals surface area contributed by atoms with Gasteiger partial charge in [-0.3, -0.25) is 4.79 Å². The topological polar surface area (TPSA) is 84.7 Å². The lowest BCUT2D eigenvalue weighted by molar-refractivity contribution is -0.148. The summed E-state index contributed by atoms with van der Waals surface area (Å²) in [5.74, 6) is -0.504. The zero-order chi connectivity index (χ0) is 16.0. The summed E-state index contributed by atoms with van der Waals surface area (Å²) in [6, 6.07) is -1.25. The molecule has 3 unspecified atom stereocenters. The van der Waals surface area contributed by atoms with Crippen molar-refractivity contribution in [2.45, 2.75) is 51.1 Å². The molecule has 3 atom stereocenters. The average Bonchev–Trinajstić information content (AvgIpc) is 2.44. The highest BCUT2D eigenvalue weighted by atomic mass is 16.5. The Morgan fingerprint density at radius 1 is 1.48 bits per heavy atom. The molecule has 0 heterocycles. The van der Waals surface area contributed by atoms with Gasteiger partial charge in [0, 0.05) is 12.1 Å². The average molecular weight is 299 g/mol. The quantitative estimate of drug-likeness (QED) is 0.551. The number of carbonyl (C=O) groups excluding carboxylic acids is 2. The first kappa shape index (κ1) is 17.9. The van der Waals surface area contributed by atoms with Crippen molar-refractivity contribution in [3.63, 3.8) is 0 Å². The minimum atomic E-state index is -1.25. The predicted molar refractivity (Wildman–Crippen MR) is 81.7 cm³/mol. The number of nitrogens with two attached hydrogens (primary N) is 1. The Morgan fingerprint density at radius 3 is 2.67 bits per heavy atom. The van der Waals surface area contributed by atoms with E-state index in [0.717, 1.165) is 19.3 Å². The van der Waals surface area contributed by atoms with Crippen molar-refractivity contribution in [1.29, 1.82) is 0 Å². The second kappa shape index (κ2) is 7.75. The SMILES string of the molecule is CCOC(=O)C(N)C(=O)NCC1(N(C)C)CCCC(C)C1. The van der Waals surface area contributed by atoms with Crippen LogP contribution in [0.25, 0.3) is 0 Å². The maximum absolute atomic E-state index is 12.0. The van der Waals surface area contributed by atoms with Crippen molar-refractivity contribution in [2.75, 3.05) is 27.2 Å². The third-order valence-corrected chi connectivity index (χ3v) is 4.43. The van der Waals surface area contributed by atoms with Gasteiger partial charge in [0.05, 0.1) is 6.61 Å². The van der Waals surface area contributed by atoms with Crippen LogP contribution in [0.15, 0.2) is 0 Å². The number of carbonyl (C=O) groups is 2. The van der Waals surface area contributed by atoms with Gasteiger partial charge < -0.3 is 20.7 Å². The first-order chi connectivity index (χ1) is 9.82. The summed E-state index contributed by atoms with van der Waals surface area (Å²) in [5.41, 5.74) is 5.55. The lowest BCUT2D eigenvalue weighted by atomic mass is 9.75. The van der Waals surface area contributed by atoms with E-state index in [9.17, 15) is 9.59 Å². The lowest BCUT2D eigenvalue weighted by Crippen LogP contribution is -2.57. The number of hydrogen-bond donors (Lipinski definition) is 2. The maximum Gasteiger partial charge on any atom is 0.332 e. The largest absolute Gasteiger partial charge is 0.464 e. The monoisotopic (exact) mass is 299 g/mol. The molecular formula is C15H29N3O3. The predicted octanol–water partition coefficient (Wildman–Crippen LogP) is 0.504. The van der Waals surface area contributed by atoms with Gasteiger partial charge in [-0.1, -0.05) is 19.8 Å². The third-order valence-electron chi connectivity index (χ3n) is 4.43. The Hall–Kier alpha value is -1.14. The summed E-state index contributed by atoms with van der Waals surface area (Å²) < 4.78 is 4.77. The summed E-state index contributed by atoms with van der Waals surface area (Å²) in [5, 5.41) is 2.83. The molecule has 6 nitrogen and oxygen atoms in total. The Morgan fingerprint density at radius 2 is 2.14 bits per heavy atom. The molecule has 21 heavy (non-hydrogen) atoms. The van der Waals surface area contributed by atoms with Crippen molar-refractivity contribution in [3.8, 4) is 0 Å². The van der Waals surface area contributed by atoms with E-state index < -0.39 is 17.9 Å². The lowest BCUT2D eigenvalue weighted by Gasteiger charge is -2.45. The molecule has 1 fully saturated rings. The van der Waals surface area contributed by atoms with E-state index in [1.54, 1.807) is 6.92 Å². The highest BCUT2D eigenvalue weighted by Crippen LogP contribution is 2.35. The second-order valence-electron chi connectivity index (χ2n) is 6.27. The smallest absolute Gasteiger partial charge is 0.332 e. The number of rotatable bonds is 6. The van der Waals surface area contributed by atoms with E-state index in [-0.39, 0.29) is 12.1 Å². The van der Waals surface area contributed by atoms with Gasteiger partial charge >= 0.3 is 5.97 Å². The van der Waals surface area contributed by atoms with Crippen molar-refractivity contribution in [3.05, 3.63) is 0 Å². The van der Waals surface area contributed by atoms with Crippen LogP contribution in [0.2, 0.25) is 0 Å². The third kappa shape index (κ3) is 4.68. The molecule has 0 aliphatic heterocycles. The number of amides is 1. The molecule has 0 aromatic rings. The van der Waals surface area contributed by atoms with Gasteiger partial charge in [-0.2, -0.15) is 0 Å². The first-order valence-corrected chi connectivity index (χ1v) is 7.69. The van der Waals surface area contributed by atoms with E-state index in [4.69, 9.17) is 10.5 Å². The molecule has 1 rings (SSSR count). The molecule has 1 aliphatic carbocycles. The van der Waals surface area contributed by atoms with Crippen LogP contribution < -0.4 is 11.1 Å². The standard InChI is InChI=1S/C15H29N3O3/c1-5-21-14(20)12(16)13(19)17-10-15(18(3)4)8-6-7-11(2)9-15/h11-12H,5-10,16H2,1-4H3,(H,17,19). The zero-order valence-electron chi connectivity index (χ0n) is 13.6. The summed E-state index contributed by atoms with van der Waals surface area (Å²) in [6.45, 7) is 4.66. The molecule has 0 aromatic heterocycles. The van der Waals surface area contributed by atoms with Gasteiger partial charge in [0.2, 0.25) is 5.91 Å². The fourth-order valence-electron chi connectivity index (χ4n) is 3.06. The first-order valence-electron chi connectivity index (χ1n) is 7.69. The number of likely N-dealkylation sites (N-methyl/N-ethyl adjacent to an activating group) is 1. The molecule has 0 bridgehead atoms. The Bertz CT molecular complexity index is 373. The van der Waals surface area contributed by atoms with Gasteiger partial charge in [0.25, 0.3) is 0 Å². The highest BCUT2D eigenvalue weighted by Gasteiger charge is 2.37. The minimum Gasteiger partial charge on any atom is -0.464 e. The molecule has 3 N–H and O–H groups in total. The second-order valence-corrected chi connectivity index (χ2v) is 6.27. The fraction of sp³-hybridized carbons (Fsp3) is 0.867. The molecule has 0 saturated heterocycles. The van der Waals surface area contributed by atoms with Crippen molar-refractivity contribution in [2.24, 2.45) is 11.7 Å². The van der Waals surface area contributed by atoms with E-state index in [1.807, 2.05) is 14.1 Å². The molecule has 6 heteroatoms. The Balaban J connectivity index is 2.61. The molecular weight excluding hydrogens is 270 g/mol. The van der Waals surface area contributed by atoms with Gasteiger partial charge in [-0.25, -0.2) is 4.79 Å². The highest BCUT2D eigenvalue weighted by molar-refractivity contribution is 6.01. The van der Waals surface area contributed by atoms with E-state index >= 15 is 0 Å². The van der Waals surface area contributed by atoms with Crippen molar-refractivity contribution < 1.29 is 14.3 Å². The molecule has 0 aromatic carbocycles. The zero-order valence-corrected chi connectivity index (χ0v) is 13.6. The number of nitrogens with one attached hydrogen (secondary N) is 1. The van der Waals surface area contributed by atoms with E-state index in [0.29, 0.717) is 12.5 Å². The summed E-state index contributed by atoms with van der Waals surface area (Å²) >= 11 is 0. The summed E-state index contributed by atoms with van der Waals surface area (Å²) in [7, 11) is 4.07. The summed E-state index contributed by atoms with van der Waals surface area (Å²) in [6.07, 6.45) is 4.46. The van der Waals surface area contributed by atoms with Crippen LogP contribution >= 0.6 is 0 Å². The Labute approximate surface area is 127 Å². The van der Waals surface area contributed by atoms with E-state index in [1.165, 1.54) is 6.42 Å². The minimum absolute atomic E-state index is 0.0539. The maximum atomic E-state index is 12.0. The number of ether oxygens (including phenoxy) is 1. The molecule has 122 valence electrons. The number of esters is 1. The van der Waals surface area contributed by atoms with E-state index in [2.05, 4.69) is 17.1 Å². The molecule has 1 amide bonds. The number of nitrogens with zero attached hydrogens (tertiary/aromatic N) is 1. The molecule has 1 aliphatic rings. The van der Waals surface area contributed by atoms with Crippen LogP contribution in [0.5, 0.6) is 0 Å². The normalized spacial score (nSPS) is 27.2. The Kier molecular flexibility index (Phi) is 6.61.